The fourth-order valence-corrected chi connectivity index (χ4v) is 6.08. The number of anilines is 2. The summed E-state index contributed by atoms with van der Waals surface area (Å²) in [6.45, 7) is 1.91. The molecule has 1 aliphatic carbocycles. The van der Waals surface area contributed by atoms with Gasteiger partial charge in [0.05, 0.1) is 30.8 Å². The van der Waals surface area contributed by atoms with Crippen LogP contribution in [-0.4, -0.2) is 22.6 Å². The minimum Gasteiger partial charge on any atom is -0.497 e. The van der Waals surface area contributed by atoms with Crippen molar-refractivity contribution in [2.24, 2.45) is 5.92 Å². The molecule has 3 aromatic carbocycles. The van der Waals surface area contributed by atoms with Gasteiger partial charge in [0.1, 0.15) is 11.5 Å². The molecule has 0 spiro atoms. The molecule has 3 aromatic rings. The minimum absolute atomic E-state index is 0.135. The molecule has 0 bridgehead atoms. The largest absolute Gasteiger partial charge is 0.497 e. The molecule has 5 rings (SSSR count). The third-order valence-corrected chi connectivity index (χ3v) is 8.08. The molecule has 0 unspecified atom stereocenters. The zero-order chi connectivity index (χ0) is 23.9. The highest BCUT2D eigenvalue weighted by Crippen LogP contribution is 2.50. The molecule has 0 saturated carbocycles. The van der Waals surface area contributed by atoms with Gasteiger partial charge < -0.3 is 14.8 Å². The molecule has 2 aliphatic rings. The molecule has 1 aliphatic heterocycles. The SMILES string of the molecule is COc1ccc([C@H]2Nc3ccc(S(=O)(=O)Nc4cc(C)ccc4OC)cc3[C@H]3C=CC[C@H]32)cc1. The van der Waals surface area contributed by atoms with E-state index in [-0.39, 0.29) is 16.9 Å². The summed E-state index contributed by atoms with van der Waals surface area (Å²) in [7, 11) is -0.604. The number of fused-ring (bicyclic) bond motifs is 3. The predicted molar refractivity (Wildman–Crippen MR) is 134 cm³/mol. The number of benzene rings is 3. The molecule has 2 N–H and O–H groups in total. The molecule has 0 aromatic heterocycles. The summed E-state index contributed by atoms with van der Waals surface area (Å²) in [6, 6.07) is 19.0. The Hall–Kier alpha value is -3.45. The normalized spacial score (nSPS) is 20.7. The van der Waals surface area contributed by atoms with Crippen LogP contribution in [0.15, 0.2) is 77.7 Å². The summed E-state index contributed by atoms with van der Waals surface area (Å²) in [6.07, 6.45) is 5.33. The first-order chi connectivity index (χ1) is 16.4. The summed E-state index contributed by atoms with van der Waals surface area (Å²) in [5, 5.41) is 3.66. The van der Waals surface area contributed by atoms with Gasteiger partial charge in [0.15, 0.2) is 0 Å². The van der Waals surface area contributed by atoms with Crippen LogP contribution in [0.2, 0.25) is 0 Å². The molecule has 0 radical (unpaired) electrons. The van der Waals surface area contributed by atoms with E-state index in [2.05, 4.69) is 34.3 Å². The van der Waals surface area contributed by atoms with Crippen molar-refractivity contribution in [3.05, 3.63) is 89.5 Å². The zero-order valence-corrected chi connectivity index (χ0v) is 20.2. The standard InChI is InChI=1S/C27H28N2O4S/c1-17-7-14-26(33-3)25(15-17)29-34(30,31)20-12-13-24-23(16-20)21-5-4-6-22(21)27(28-24)18-8-10-19(32-2)11-9-18/h4-5,7-16,21-22,27-29H,6H2,1-3H3/t21-,22+,27+/m0/s1. The van der Waals surface area contributed by atoms with Gasteiger partial charge in [-0.2, -0.15) is 0 Å². The molecule has 0 saturated heterocycles. The number of hydrogen-bond donors (Lipinski definition) is 2. The molecule has 0 fully saturated rings. The van der Waals surface area contributed by atoms with Crippen LogP contribution in [0, 0.1) is 12.8 Å². The molecule has 0 amide bonds. The number of nitrogens with one attached hydrogen (secondary N) is 2. The molecule has 3 atom stereocenters. The van der Waals surface area contributed by atoms with E-state index in [0.29, 0.717) is 17.4 Å². The highest BCUT2D eigenvalue weighted by Gasteiger charge is 2.38. The maximum absolute atomic E-state index is 13.3. The van der Waals surface area contributed by atoms with Crippen molar-refractivity contribution < 1.29 is 17.9 Å². The van der Waals surface area contributed by atoms with Crippen LogP contribution in [0.25, 0.3) is 0 Å². The van der Waals surface area contributed by atoms with Crippen LogP contribution in [-0.2, 0) is 10.0 Å². The fourth-order valence-electron chi connectivity index (χ4n) is 4.99. The first kappa shape index (κ1) is 22.3. The highest BCUT2D eigenvalue weighted by atomic mass is 32.2. The maximum atomic E-state index is 13.3. The predicted octanol–water partition coefficient (Wildman–Crippen LogP) is 5.64. The van der Waals surface area contributed by atoms with E-state index in [1.165, 1.54) is 12.7 Å². The first-order valence-corrected chi connectivity index (χ1v) is 12.8. The van der Waals surface area contributed by atoms with E-state index < -0.39 is 10.0 Å². The van der Waals surface area contributed by atoms with Crippen LogP contribution < -0.4 is 19.5 Å². The van der Waals surface area contributed by atoms with Gasteiger partial charge in [0.25, 0.3) is 10.0 Å². The van der Waals surface area contributed by atoms with Gasteiger partial charge in [-0.05, 0) is 78.4 Å². The molecule has 176 valence electrons. The summed E-state index contributed by atoms with van der Waals surface area (Å²) < 4.78 is 39.9. The Morgan fingerprint density at radius 2 is 1.76 bits per heavy atom. The number of ether oxygens (including phenoxy) is 2. The fraction of sp³-hybridized carbons (Fsp3) is 0.259. The van der Waals surface area contributed by atoms with Crippen LogP contribution in [0.1, 0.15) is 35.1 Å². The molecule has 7 heteroatoms. The van der Waals surface area contributed by atoms with Gasteiger partial charge in [0.2, 0.25) is 0 Å². The number of rotatable bonds is 6. The van der Waals surface area contributed by atoms with E-state index in [9.17, 15) is 8.42 Å². The van der Waals surface area contributed by atoms with Crippen LogP contribution in [0.4, 0.5) is 11.4 Å². The van der Waals surface area contributed by atoms with Gasteiger partial charge in [-0.3, -0.25) is 4.72 Å². The summed E-state index contributed by atoms with van der Waals surface area (Å²) >= 11 is 0. The number of allylic oxidation sites excluding steroid dienone is 2. The topological polar surface area (TPSA) is 76.7 Å². The van der Waals surface area contributed by atoms with Crippen molar-refractivity contribution in [3.63, 3.8) is 0 Å². The first-order valence-electron chi connectivity index (χ1n) is 11.3. The lowest BCUT2D eigenvalue weighted by atomic mass is 9.77. The second-order valence-electron chi connectivity index (χ2n) is 8.81. The van der Waals surface area contributed by atoms with E-state index in [1.54, 1.807) is 31.4 Å². The second-order valence-corrected chi connectivity index (χ2v) is 10.5. The third kappa shape index (κ3) is 4.01. The average Bonchev–Trinajstić information content (AvgIpc) is 3.34. The summed E-state index contributed by atoms with van der Waals surface area (Å²) in [4.78, 5) is 0.235. The Kier molecular flexibility index (Phi) is 5.73. The molecular formula is C27H28N2O4S. The Morgan fingerprint density at radius 1 is 0.971 bits per heavy atom. The van der Waals surface area contributed by atoms with E-state index in [4.69, 9.17) is 9.47 Å². The Bertz CT molecular complexity index is 1350. The average molecular weight is 477 g/mol. The lowest BCUT2D eigenvalue weighted by Gasteiger charge is -2.37. The lowest BCUT2D eigenvalue weighted by molar-refractivity contribution is 0.411. The number of methoxy groups -OCH3 is 2. The molecular weight excluding hydrogens is 448 g/mol. The maximum Gasteiger partial charge on any atom is 0.262 e. The Labute approximate surface area is 200 Å². The van der Waals surface area contributed by atoms with E-state index in [0.717, 1.165) is 29.0 Å². The quantitative estimate of drug-likeness (QED) is 0.450. The van der Waals surface area contributed by atoms with Gasteiger partial charge in [0, 0.05) is 11.6 Å². The van der Waals surface area contributed by atoms with Crippen molar-refractivity contribution in [3.8, 4) is 11.5 Å². The van der Waals surface area contributed by atoms with E-state index >= 15 is 0 Å². The lowest BCUT2D eigenvalue weighted by Crippen LogP contribution is -2.29. The third-order valence-electron chi connectivity index (χ3n) is 6.72. The van der Waals surface area contributed by atoms with Gasteiger partial charge >= 0.3 is 0 Å². The van der Waals surface area contributed by atoms with Crippen molar-refractivity contribution >= 4 is 21.4 Å². The highest BCUT2D eigenvalue weighted by molar-refractivity contribution is 7.92. The molecule has 34 heavy (non-hydrogen) atoms. The van der Waals surface area contributed by atoms with Gasteiger partial charge in [-0.15, -0.1) is 0 Å². The summed E-state index contributed by atoms with van der Waals surface area (Å²) in [5.41, 5.74) is 4.52. The van der Waals surface area contributed by atoms with Crippen molar-refractivity contribution in [1.82, 2.24) is 0 Å². The smallest absolute Gasteiger partial charge is 0.262 e. The number of hydrogen-bond acceptors (Lipinski definition) is 5. The van der Waals surface area contributed by atoms with Crippen molar-refractivity contribution in [2.75, 3.05) is 24.3 Å². The summed E-state index contributed by atoms with van der Waals surface area (Å²) in [5.74, 6) is 1.76. The second kappa shape index (κ2) is 8.72. The molecule has 6 nitrogen and oxygen atoms in total. The zero-order valence-electron chi connectivity index (χ0n) is 19.4. The monoisotopic (exact) mass is 476 g/mol. The van der Waals surface area contributed by atoms with Crippen LogP contribution in [0.3, 0.4) is 0 Å². The Morgan fingerprint density at radius 3 is 2.50 bits per heavy atom. The Balaban J connectivity index is 1.48. The van der Waals surface area contributed by atoms with Crippen molar-refractivity contribution in [2.45, 2.75) is 30.2 Å². The minimum atomic E-state index is -3.79. The van der Waals surface area contributed by atoms with Crippen LogP contribution >= 0.6 is 0 Å². The number of sulfonamides is 1. The van der Waals surface area contributed by atoms with Gasteiger partial charge in [-0.25, -0.2) is 8.42 Å². The van der Waals surface area contributed by atoms with Crippen molar-refractivity contribution in [1.29, 1.82) is 0 Å². The van der Waals surface area contributed by atoms with Gasteiger partial charge in [-0.1, -0.05) is 30.4 Å². The number of aryl methyl sites for hydroxylation is 1. The van der Waals surface area contributed by atoms with Crippen LogP contribution in [0.5, 0.6) is 11.5 Å². The molecule has 1 heterocycles. The van der Waals surface area contributed by atoms with E-state index in [1.807, 2.05) is 31.2 Å².